The topological polar surface area (TPSA) is 40.9 Å². The molecule has 50 valence electrons. The predicted octanol–water partition coefficient (Wildman–Crippen LogP) is 1.25. The van der Waals surface area contributed by atoms with E-state index >= 15 is 0 Å². The van der Waals surface area contributed by atoms with Crippen LogP contribution in [0.1, 0.15) is 19.8 Å². The summed E-state index contributed by atoms with van der Waals surface area (Å²) in [5.41, 5.74) is 0. The van der Waals surface area contributed by atoms with Gasteiger partial charge in [0.15, 0.2) is 0 Å². The van der Waals surface area contributed by atoms with Crippen LogP contribution in [0.2, 0.25) is 0 Å². The Morgan fingerprint density at radius 1 is 1.78 bits per heavy atom. The first kappa shape index (κ1) is 6.46. The first-order valence-corrected chi connectivity index (χ1v) is 3.30. The third kappa shape index (κ3) is 1.37. The van der Waals surface area contributed by atoms with Crippen molar-refractivity contribution < 1.29 is 4.79 Å². The van der Waals surface area contributed by atoms with Gasteiger partial charge in [-0.15, -0.1) is 0 Å². The maximum absolute atomic E-state index is 11.0. The third-order valence-electron chi connectivity index (χ3n) is 1.68. The molecule has 0 aromatic carbocycles. The number of carbonyl (C=O) groups excluding carboxylic acids is 1. The van der Waals surface area contributed by atoms with Gasteiger partial charge in [0, 0.05) is 18.1 Å². The van der Waals surface area contributed by atoms with Crippen LogP contribution in [0.3, 0.4) is 0 Å². The maximum atomic E-state index is 11.0. The van der Waals surface area contributed by atoms with Crippen molar-refractivity contribution in [2.24, 2.45) is 11.8 Å². The minimum absolute atomic E-state index is 0.141. The van der Waals surface area contributed by atoms with Gasteiger partial charge in [-0.25, -0.2) is 0 Å². The Kier molecular flexibility index (Phi) is 1.65. The summed E-state index contributed by atoms with van der Waals surface area (Å²) in [5, 5.41) is 6.81. The van der Waals surface area contributed by atoms with Gasteiger partial charge in [0.05, 0.1) is 0 Å². The number of carbonyl (C=O) groups is 1. The molecule has 1 saturated carbocycles. The second-order valence-corrected chi connectivity index (χ2v) is 2.63. The molecule has 9 heavy (non-hydrogen) atoms. The van der Waals surface area contributed by atoms with E-state index < -0.39 is 0 Å². The molecule has 1 aliphatic rings. The standard InChI is InChI=1S/C7H11NO/c1-5(4-8)7(9)6-2-3-6/h4-6,8H,2-3H2,1H3. The molecule has 1 aliphatic carbocycles. The van der Waals surface area contributed by atoms with Gasteiger partial charge >= 0.3 is 0 Å². The van der Waals surface area contributed by atoms with E-state index in [9.17, 15) is 4.79 Å². The second kappa shape index (κ2) is 2.29. The minimum Gasteiger partial charge on any atom is -0.312 e. The summed E-state index contributed by atoms with van der Waals surface area (Å²) in [4.78, 5) is 11.0. The molecule has 1 N–H and O–H groups in total. The fourth-order valence-electron chi connectivity index (χ4n) is 0.822. The van der Waals surface area contributed by atoms with Crippen LogP contribution in [-0.4, -0.2) is 12.0 Å². The molecule has 1 fully saturated rings. The van der Waals surface area contributed by atoms with Crippen molar-refractivity contribution in [1.82, 2.24) is 0 Å². The highest BCUT2D eigenvalue weighted by atomic mass is 16.1. The van der Waals surface area contributed by atoms with E-state index in [0.717, 1.165) is 12.8 Å². The highest BCUT2D eigenvalue weighted by molar-refractivity contribution is 5.96. The van der Waals surface area contributed by atoms with Crippen molar-refractivity contribution in [1.29, 1.82) is 5.41 Å². The van der Waals surface area contributed by atoms with Gasteiger partial charge in [-0.3, -0.25) is 4.79 Å². The largest absolute Gasteiger partial charge is 0.312 e. The monoisotopic (exact) mass is 125 g/mol. The predicted molar refractivity (Wildman–Crippen MR) is 35.7 cm³/mol. The minimum atomic E-state index is -0.141. The molecule has 0 spiro atoms. The van der Waals surface area contributed by atoms with Gasteiger partial charge < -0.3 is 5.41 Å². The molecule has 0 aliphatic heterocycles. The zero-order valence-corrected chi connectivity index (χ0v) is 5.55. The van der Waals surface area contributed by atoms with E-state index in [1.165, 1.54) is 6.21 Å². The van der Waals surface area contributed by atoms with Crippen LogP contribution in [-0.2, 0) is 4.79 Å². The van der Waals surface area contributed by atoms with Crippen molar-refractivity contribution >= 4 is 12.0 Å². The number of rotatable bonds is 3. The highest BCUT2D eigenvalue weighted by Crippen LogP contribution is 2.31. The molecule has 0 saturated heterocycles. The number of hydrogen-bond donors (Lipinski definition) is 1. The maximum Gasteiger partial charge on any atom is 0.144 e. The lowest BCUT2D eigenvalue weighted by Crippen LogP contribution is -2.13. The van der Waals surface area contributed by atoms with Crippen LogP contribution in [0.25, 0.3) is 0 Å². The van der Waals surface area contributed by atoms with E-state index in [1.54, 1.807) is 6.92 Å². The third-order valence-corrected chi connectivity index (χ3v) is 1.68. The number of ketones is 1. The van der Waals surface area contributed by atoms with E-state index in [-0.39, 0.29) is 11.7 Å². The van der Waals surface area contributed by atoms with Crippen molar-refractivity contribution in [3.8, 4) is 0 Å². The lowest BCUT2D eigenvalue weighted by molar-refractivity contribution is -0.121. The summed E-state index contributed by atoms with van der Waals surface area (Å²) < 4.78 is 0. The highest BCUT2D eigenvalue weighted by Gasteiger charge is 2.31. The van der Waals surface area contributed by atoms with Gasteiger partial charge in [-0.1, -0.05) is 6.92 Å². The van der Waals surface area contributed by atoms with Crippen molar-refractivity contribution in [2.45, 2.75) is 19.8 Å². The summed E-state index contributed by atoms with van der Waals surface area (Å²) >= 11 is 0. The van der Waals surface area contributed by atoms with Gasteiger partial charge in [-0.2, -0.15) is 0 Å². The van der Waals surface area contributed by atoms with Crippen LogP contribution in [0.15, 0.2) is 0 Å². The number of Topliss-reactive ketones (excluding diaryl/α,β-unsaturated/α-hetero) is 1. The summed E-state index contributed by atoms with van der Waals surface area (Å²) in [6, 6.07) is 0. The lowest BCUT2D eigenvalue weighted by Gasteiger charge is -1.98. The molecule has 2 nitrogen and oxygen atoms in total. The fourth-order valence-corrected chi connectivity index (χ4v) is 0.822. The van der Waals surface area contributed by atoms with Crippen LogP contribution in [0.4, 0.5) is 0 Å². The quantitative estimate of drug-likeness (QED) is 0.566. The first-order valence-electron chi connectivity index (χ1n) is 3.30. The molecule has 0 radical (unpaired) electrons. The van der Waals surface area contributed by atoms with Gasteiger partial charge in [0.1, 0.15) is 5.78 Å². The van der Waals surface area contributed by atoms with E-state index in [0.29, 0.717) is 5.92 Å². The summed E-state index contributed by atoms with van der Waals surface area (Å²) in [7, 11) is 0. The molecule has 2 heteroatoms. The summed E-state index contributed by atoms with van der Waals surface area (Å²) in [6.45, 7) is 1.79. The lowest BCUT2D eigenvalue weighted by atomic mass is 10.0. The van der Waals surface area contributed by atoms with E-state index in [2.05, 4.69) is 0 Å². The average Bonchev–Trinajstić information content (AvgIpc) is 2.66. The average molecular weight is 125 g/mol. The Morgan fingerprint density at radius 2 is 2.33 bits per heavy atom. The van der Waals surface area contributed by atoms with Crippen LogP contribution >= 0.6 is 0 Å². The Bertz CT molecular complexity index is 138. The van der Waals surface area contributed by atoms with Crippen LogP contribution in [0, 0.1) is 17.2 Å². The first-order chi connectivity index (χ1) is 4.25. The summed E-state index contributed by atoms with van der Waals surface area (Å²) in [5.74, 6) is 0.420. The normalized spacial score (nSPS) is 21.0. The Balaban J connectivity index is 2.39. The zero-order chi connectivity index (χ0) is 6.85. The molecule has 0 bridgehead atoms. The summed E-state index contributed by atoms with van der Waals surface area (Å²) in [6.07, 6.45) is 3.33. The van der Waals surface area contributed by atoms with Crippen LogP contribution < -0.4 is 0 Å². The van der Waals surface area contributed by atoms with Crippen molar-refractivity contribution in [2.75, 3.05) is 0 Å². The smallest absolute Gasteiger partial charge is 0.144 e. The molecule has 0 amide bonds. The van der Waals surface area contributed by atoms with Gasteiger partial charge in [0.25, 0.3) is 0 Å². The second-order valence-electron chi connectivity index (χ2n) is 2.63. The molecule has 1 rings (SSSR count). The van der Waals surface area contributed by atoms with Crippen molar-refractivity contribution in [3.05, 3.63) is 0 Å². The molecule has 1 atom stereocenters. The Hall–Kier alpha value is -0.660. The Morgan fingerprint density at radius 3 is 2.67 bits per heavy atom. The molecule has 0 aromatic heterocycles. The van der Waals surface area contributed by atoms with Crippen LogP contribution in [0.5, 0.6) is 0 Å². The Labute approximate surface area is 54.8 Å². The molecule has 0 heterocycles. The van der Waals surface area contributed by atoms with Gasteiger partial charge in [0.2, 0.25) is 0 Å². The SMILES string of the molecule is CC(C=N)C(=O)C1CC1. The van der Waals surface area contributed by atoms with Crippen molar-refractivity contribution in [3.63, 3.8) is 0 Å². The molecule has 1 unspecified atom stereocenters. The van der Waals surface area contributed by atoms with Gasteiger partial charge in [-0.05, 0) is 12.8 Å². The zero-order valence-electron chi connectivity index (χ0n) is 5.55. The molecule has 0 aromatic rings. The van der Waals surface area contributed by atoms with E-state index in [4.69, 9.17) is 5.41 Å². The van der Waals surface area contributed by atoms with E-state index in [1.807, 2.05) is 0 Å². The molecular formula is C7H11NO. The molecular weight excluding hydrogens is 114 g/mol. The number of hydrogen-bond acceptors (Lipinski definition) is 2. The fraction of sp³-hybridized carbons (Fsp3) is 0.714. The number of nitrogens with one attached hydrogen (secondary N) is 1.